The Morgan fingerprint density at radius 2 is 1.54 bits per heavy atom. The number of rotatable bonds is 6. The van der Waals surface area contributed by atoms with E-state index >= 15 is 0 Å². The summed E-state index contributed by atoms with van der Waals surface area (Å²) in [6.45, 7) is 4.05. The number of hydrogen-bond acceptors (Lipinski definition) is 2. The van der Waals surface area contributed by atoms with E-state index in [0.717, 1.165) is 12.8 Å². The molecule has 0 unspecified atom stereocenters. The number of carbonyl (C=O) groups excluding carboxylic acids is 1. The number of nitrogens with one attached hydrogen (secondary N) is 2. The summed E-state index contributed by atoms with van der Waals surface area (Å²) in [6.07, 6.45) is 5.96. The van der Waals surface area contributed by atoms with Crippen LogP contribution in [0.2, 0.25) is 0 Å². The molecule has 1 saturated carbocycles. The first-order valence-electron chi connectivity index (χ1n) is 9.81. The van der Waals surface area contributed by atoms with E-state index in [0.29, 0.717) is 6.04 Å². The summed E-state index contributed by atoms with van der Waals surface area (Å²) in [6, 6.07) is 19.0. The van der Waals surface area contributed by atoms with Crippen molar-refractivity contribution in [2.24, 2.45) is 0 Å². The molecule has 2 aromatic rings. The maximum Gasteiger partial charge on any atom is 0.237 e. The average molecular weight is 351 g/mol. The summed E-state index contributed by atoms with van der Waals surface area (Å²) in [5.74, 6) is 0.102. The van der Waals surface area contributed by atoms with Crippen molar-refractivity contribution in [3.8, 4) is 0 Å². The Balaban J connectivity index is 1.72. The second-order valence-electron chi connectivity index (χ2n) is 7.49. The summed E-state index contributed by atoms with van der Waals surface area (Å²) in [4.78, 5) is 12.7. The maximum absolute atomic E-state index is 12.7. The Labute approximate surface area is 157 Å². The number of carbonyl (C=O) groups is 1. The fraction of sp³-hybridized carbons (Fsp3) is 0.435. The Morgan fingerprint density at radius 3 is 2.19 bits per heavy atom. The zero-order chi connectivity index (χ0) is 18.4. The van der Waals surface area contributed by atoms with Crippen molar-refractivity contribution >= 4 is 5.91 Å². The minimum absolute atomic E-state index is 0.00362. The summed E-state index contributed by atoms with van der Waals surface area (Å²) < 4.78 is 0. The second-order valence-corrected chi connectivity index (χ2v) is 7.49. The molecule has 0 aromatic heterocycles. The Morgan fingerprint density at radius 1 is 0.923 bits per heavy atom. The molecule has 2 N–H and O–H groups in total. The van der Waals surface area contributed by atoms with E-state index in [1.807, 2.05) is 25.1 Å². The molecule has 1 fully saturated rings. The van der Waals surface area contributed by atoms with Crippen LogP contribution < -0.4 is 10.6 Å². The molecule has 1 amide bonds. The summed E-state index contributed by atoms with van der Waals surface area (Å²) in [5, 5.41) is 6.78. The van der Waals surface area contributed by atoms with Gasteiger partial charge in [-0.05, 0) is 37.8 Å². The molecule has 3 rings (SSSR count). The molecular weight excluding hydrogens is 320 g/mol. The minimum Gasteiger partial charge on any atom is -0.352 e. The topological polar surface area (TPSA) is 41.1 Å². The maximum atomic E-state index is 12.7. The molecule has 0 bridgehead atoms. The van der Waals surface area contributed by atoms with Crippen molar-refractivity contribution in [2.75, 3.05) is 0 Å². The highest BCUT2D eigenvalue weighted by Gasteiger charge is 2.23. The first kappa shape index (κ1) is 18.7. The molecule has 0 spiro atoms. The van der Waals surface area contributed by atoms with E-state index in [1.54, 1.807) is 0 Å². The largest absolute Gasteiger partial charge is 0.352 e. The molecule has 1 aliphatic rings. The first-order chi connectivity index (χ1) is 12.6. The number of amides is 1. The van der Waals surface area contributed by atoms with E-state index in [1.165, 1.54) is 36.0 Å². The normalized spacial score (nSPS) is 17.5. The lowest BCUT2D eigenvalue weighted by atomic mass is 9.95. The van der Waals surface area contributed by atoms with Crippen LogP contribution >= 0.6 is 0 Å². The van der Waals surface area contributed by atoms with Crippen molar-refractivity contribution in [3.05, 3.63) is 71.3 Å². The van der Waals surface area contributed by atoms with Gasteiger partial charge in [-0.25, -0.2) is 0 Å². The van der Waals surface area contributed by atoms with Gasteiger partial charge in [0.05, 0.1) is 12.1 Å². The molecule has 0 heterocycles. The predicted octanol–water partition coefficient (Wildman–Crippen LogP) is 4.51. The van der Waals surface area contributed by atoms with Crippen molar-refractivity contribution < 1.29 is 4.79 Å². The molecule has 0 aliphatic heterocycles. The van der Waals surface area contributed by atoms with E-state index in [2.05, 4.69) is 54.0 Å². The molecule has 26 heavy (non-hydrogen) atoms. The van der Waals surface area contributed by atoms with Gasteiger partial charge in [0, 0.05) is 6.04 Å². The van der Waals surface area contributed by atoms with Gasteiger partial charge in [-0.2, -0.15) is 0 Å². The van der Waals surface area contributed by atoms with Gasteiger partial charge < -0.3 is 5.32 Å². The molecule has 138 valence electrons. The van der Waals surface area contributed by atoms with Crippen LogP contribution in [0.15, 0.2) is 54.6 Å². The van der Waals surface area contributed by atoms with Gasteiger partial charge in [-0.15, -0.1) is 0 Å². The highest BCUT2D eigenvalue weighted by molar-refractivity contribution is 5.81. The van der Waals surface area contributed by atoms with Crippen LogP contribution in [0.1, 0.15) is 61.8 Å². The van der Waals surface area contributed by atoms with E-state index in [9.17, 15) is 4.79 Å². The molecule has 2 atom stereocenters. The SMILES string of the molecule is Cc1ccc([C@H](N[C@@H](C)C(=O)NC2CCCCC2)c2ccccc2)cc1. The summed E-state index contributed by atoms with van der Waals surface area (Å²) in [5.41, 5.74) is 3.59. The van der Waals surface area contributed by atoms with Crippen molar-refractivity contribution in [1.82, 2.24) is 10.6 Å². The molecule has 3 nitrogen and oxygen atoms in total. The van der Waals surface area contributed by atoms with Crippen LogP contribution in [-0.4, -0.2) is 18.0 Å². The van der Waals surface area contributed by atoms with Gasteiger partial charge in [0.2, 0.25) is 5.91 Å². The van der Waals surface area contributed by atoms with Gasteiger partial charge in [0.15, 0.2) is 0 Å². The molecule has 0 radical (unpaired) electrons. The summed E-state index contributed by atoms with van der Waals surface area (Å²) >= 11 is 0. The average Bonchev–Trinajstić information content (AvgIpc) is 2.68. The fourth-order valence-electron chi connectivity index (χ4n) is 3.69. The van der Waals surface area contributed by atoms with Gasteiger partial charge >= 0.3 is 0 Å². The molecule has 1 aliphatic carbocycles. The van der Waals surface area contributed by atoms with Crippen molar-refractivity contribution in [1.29, 1.82) is 0 Å². The van der Waals surface area contributed by atoms with Crippen LogP contribution in [0.3, 0.4) is 0 Å². The highest BCUT2D eigenvalue weighted by atomic mass is 16.2. The van der Waals surface area contributed by atoms with Crippen LogP contribution in [0.25, 0.3) is 0 Å². The Kier molecular flexibility index (Phi) is 6.45. The Bertz CT molecular complexity index is 690. The minimum atomic E-state index is -0.247. The van der Waals surface area contributed by atoms with Crippen LogP contribution in [0.4, 0.5) is 0 Å². The highest BCUT2D eigenvalue weighted by Crippen LogP contribution is 2.23. The number of benzene rings is 2. The smallest absolute Gasteiger partial charge is 0.237 e. The fourth-order valence-corrected chi connectivity index (χ4v) is 3.69. The molecule has 2 aromatic carbocycles. The third kappa shape index (κ3) is 4.95. The monoisotopic (exact) mass is 350 g/mol. The number of hydrogen-bond donors (Lipinski definition) is 2. The van der Waals surface area contributed by atoms with E-state index in [-0.39, 0.29) is 18.0 Å². The van der Waals surface area contributed by atoms with Gasteiger partial charge in [0.1, 0.15) is 0 Å². The zero-order valence-electron chi connectivity index (χ0n) is 15.9. The van der Waals surface area contributed by atoms with Gasteiger partial charge in [0.25, 0.3) is 0 Å². The standard InChI is InChI=1S/C23H30N2O/c1-17-13-15-20(16-14-17)22(19-9-5-3-6-10-19)24-18(2)23(26)25-21-11-7-4-8-12-21/h3,5-6,9-10,13-16,18,21-22,24H,4,7-8,11-12H2,1-2H3,(H,25,26)/t18-,22+/m0/s1. The quantitative estimate of drug-likeness (QED) is 0.805. The second kappa shape index (κ2) is 9.00. The van der Waals surface area contributed by atoms with Crippen LogP contribution in [0.5, 0.6) is 0 Å². The lowest BCUT2D eigenvalue weighted by Gasteiger charge is -2.27. The third-order valence-electron chi connectivity index (χ3n) is 5.31. The lowest BCUT2D eigenvalue weighted by Crippen LogP contribution is -2.47. The summed E-state index contributed by atoms with van der Waals surface area (Å²) in [7, 11) is 0. The van der Waals surface area contributed by atoms with E-state index in [4.69, 9.17) is 0 Å². The van der Waals surface area contributed by atoms with Gasteiger partial charge in [-0.3, -0.25) is 10.1 Å². The molecular formula is C23H30N2O. The van der Waals surface area contributed by atoms with Crippen molar-refractivity contribution in [2.45, 2.75) is 64.1 Å². The lowest BCUT2D eigenvalue weighted by molar-refractivity contribution is -0.123. The Hall–Kier alpha value is -2.13. The molecule has 3 heteroatoms. The first-order valence-corrected chi connectivity index (χ1v) is 9.81. The zero-order valence-corrected chi connectivity index (χ0v) is 15.9. The number of aryl methyl sites for hydroxylation is 1. The predicted molar refractivity (Wildman–Crippen MR) is 107 cm³/mol. The van der Waals surface area contributed by atoms with Crippen LogP contribution in [0, 0.1) is 6.92 Å². The third-order valence-corrected chi connectivity index (χ3v) is 5.31. The van der Waals surface area contributed by atoms with Gasteiger partial charge in [-0.1, -0.05) is 79.4 Å². The van der Waals surface area contributed by atoms with Crippen molar-refractivity contribution in [3.63, 3.8) is 0 Å². The van der Waals surface area contributed by atoms with Crippen LogP contribution in [-0.2, 0) is 4.79 Å². The van der Waals surface area contributed by atoms with E-state index < -0.39 is 0 Å². The molecule has 0 saturated heterocycles.